The van der Waals surface area contributed by atoms with E-state index in [0.29, 0.717) is 16.3 Å². The zero-order valence-corrected chi connectivity index (χ0v) is 15.7. The molecule has 0 saturated carbocycles. The van der Waals surface area contributed by atoms with Crippen molar-refractivity contribution in [2.45, 2.75) is 44.6 Å². The number of aromatic nitrogens is 1. The summed E-state index contributed by atoms with van der Waals surface area (Å²) in [6.07, 6.45) is 4.60. The third-order valence-corrected chi connectivity index (χ3v) is 5.86. The van der Waals surface area contributed by atoms with Gasteiger partial charge in [-0.05, 0) is 43.9 Å². The molecule has 0 spiro atoms. The van der Waals surface area contributed by atoms with E-state index in [4.69, 9.17) is 4.98 Å². The molecule has 1 saturated heterocycles. The van der Waals surface area contributed by atoms with Crippen LogP contribution in [0.2, 0.25) is 0 Å². The van der Waals surface area contributed by atoms with Gasteiger partial charge in [-0.3, -0.25) is 4.79 Å². The van der Waals surface area contributed by atoms with Crippen molar-refractivity contribution in [3.63, 3.8) is 0 Å². The molecule has 0 aliphatic carbocycles. The molecule has 25 heavy (non-hydrogen) atoms. The Balaban J connectivity index is 1.81. The van der Waals surface area contributed by atoms with Crippen LogP contribution in [0, 0.1) is 25.2 Å². The minimum absolute atomic E-state index is 0.152. The standard InChI is InChI=1S/C20H23N3OS/c1-14-7-8-16-11-17(12-21)20(22-19(16)15(14)2)25-13-18(24)23-9-5-3-4-6-10-23/h7-8,11H,3-6,9-10,13H2,1-2H3. The number of carbonyl (C=O) groups excluding carboxylic acids is 1. The molecule has 1 aliphatic heterocycles. The number of nitriles is 1. The van der Waals surface area contributed by atoms with Crippen molar-refractivity contribution in [3.05, 3.63) is 34.9 Å². The van der Waals surface area contributed by atoms with E-state index >= 15 is 0 Å². The van der Waals surface area contributed by atoms with Crippen molar-refractivity contribution in [1.29, 1.82) is 5.26 Å². The summed E-state index contributed by atoms with van der Waals surface area (Å²) < 4.78 is 0. The molecule has 2 heterocycles. The van der Waals surface area contributed by atoms with E-state index < -0.39 is 0 Å². The van der Waals surface area contributed by atoms with Crippen LogP contribution in [0.25, 0.3) is 10.9 Å². The number of amides is 1. The summed E-state index contributed by atoms with van der Waals surface area (Å²) in [5, 5.41) is 11.1. The van der Waals surface area contributed by atoms with Crippen LogP contribution >= 0.6 is 11.8 Å². The van der Waals surface area contributed by atoms with Gasteiger partial charge in [-0.25, -0.2) is 4.98 Å². The maximum Gasteiger partial charge on any atom is 0.232 e. The summed E-state index contributed by atoms with van der Waals surface area (Å²) in [5.41, 5.74) is 3.78. The summed E-state index contributed by atoms with van der Waals surface area (Å²) in [4.78, 5) is 19.2. The Kier molecular flexibility index (Phi) is 5.60. The molecule has 0 unspecified atom stereocenters. The zero-order valence-electron chi connectivity index (χ0n) is 14.8. The lowest BCUT2D eigenvalue weighted by Gasteiger charge is -2.20. The molecule has 3 rings (SSSR count). The molecular formula is C20H23N3OS. The van der Waals surface area contributed by atoms with Gasteiger partial charge in [-0.2, -0.15) is 5.26 Å². The Morgan fingerprint density at radius 2 is 1.96 bits per heavy atom. The summed E-state index contributed by atoms with van der Waals surface area (Å²) >= 11 is 1.38. The highest BCUT2D eigenvalue weighted by Gasteiger charge is 2.17. The van der Waals surface area contributed by atoms with E-state index in [1.165, 1.54) is 30.2 Å². The lowest BCUT2D eigenvalue weighted by Crippen LogP contribution is -2.33. The quantitative estimate of drug-likeness (QED) is 0.775. The zero-order chi connectivity index (χ0) is 17.8. The highest BCUT2D eigenvalue weighted by molar-refractivity contribution is 8.00. The lowest BCUT2D eigenvalue weighted by atomic mass is 10.0. The van der Waals surface area contributed by atoms with Crippen molar-refractivity contribution in [2.24, 2.45) is 0 Å². The Bertz CT molecular complexity index is 833. The topological polar surface area (TPSA) is 57.0 Å². The van der Waals surface area contributed by atoms with Gasteiger partial charge in [0.2, 0.25) is 5.91 Å². The van der Waals surface area contributed by atoms with E-state index in [2.05, 4.69) is 19.1 Å². The number of carbonyl (C=O) groups is 1. The highest BCUT2D eigenvalue weighted by atomic mass is 32.2. The number of rotatable bonds is 3. The van der Waals surface area contributed by atoms with Crippen LogP contribution in [0.3, 0.4) is 0 Å². The number of aryl methyl sites for hydroxylation is 2. The van der Waals surface area contributed by atoms with Gasteiger partial charge >= 0.3 is 0 Å². The van der Waals surface area contributed by atoms with E-state index in [0.717, 1.165) is 42.4 Å². The van der Waals surface area contributed by atoms with Crippen LogP contribution in [0.4, 0.5) is 0 Å². The molecular weight excluding hydrogens is 330 g/mol. The van der Waals surface area contributed by atoms with Crippen molar-refractivity contribution < 1.29 is 4.79 Å². The molecule has 1 aromatic carbocycles. The summed E-state index contributed by atoms with van der Waals surface area (Å²) in [6.45, 7) is 5.82. The smallest absolute Gasteiger partial charge is 0.232 e. The normalized spacial score (nSPS) is 15.0. The first kappa shape index (κ1) is 17.8. The molecule has 0 radical (unpaired) electrons. The average Bonchev–Trinajstić information content (AvgIpc) is 2.92. The fraction of sp³-hybridized carbons (Fsp3) is 0.450. The summed E-state index contributed by atoms with van der Waals surface area (Å²) in [6, 6.07) is 8.16. The monoisotopic (exact) mass is 353 g/mol. The SMILES string of the molecule is Cc1ccc2cc(C#N)c(SCC(=O)N3CCCCCC3)nc2c1C. The van der Waals surface area contributed by atoms with E-state index in [1.54, 1.807) is 0 Å². The fourth-order valence-corrected chi connectivity index (χ4v) is 4.06. The van der Waals surface area contributed by atoms with Crippen molar-refractivity contribution in [2.75, 3.05) is 18.8 Å². The first-order valence-corrected chi connectivity index (χ1v) is 9.80. The van der Waals surface area contributed by atoms with Crippen LogP contribution < -0.4 is 0 Å². The number of likely N-dealkylation sites (tertiary alicyclic amines) is 1. The number of hydrogen-bond donors (Lipinski definition) is 0. The largest absolute Gasteiger partial charge is 0.342 e. The number of benzene rings is 1. The van der Waals surface area contributed by atoms with Crippen molar-refractivity contribution in [3.8, 4) is 6.07 Å². The average molecular weight is 353 g/mol. The van der Waals surface area contributed by atoms with Crippen LogP contribution in [0.15, 0.2) is 23.2 Å². The molecule has 1 fully saturated rings. The van der Waals surface area contributed by atoms with E-state index in [-0.39, 0.29) is 5.91 Å². The molecule has 1 amide bonds. The number of nitrogens with zero attached hydrogens (tertiary/aromatic N) is 3. The van der Waals surface area contributed by atoms with Gasteiger partial charge in [0, 0.05) is 18.5 Å². The minimum atomic E-state index is 0.152. The molecule has 4 nitrogen and oxygen atoms in total. The Morgan fingerprint density at radius 3 is 2.64 bits per heavy atom. The second-order valence-corrected chi connectivity index (χ2v) is 7.58. The van der Waals surface area contributed by atoms with Crippen molar-refractivity contribution >= 4 is 28.6 Å². The number of fused-ring (bicyclic) bond motifs is 1. The molecule has 0 atom stereocenters. The van der Waals surface area contributed by atoms with Gasteiger partial charge < -0.3 is 4.90 Å². The second-order valence-electron chi connectivity index (χ2n) is 6.62. The summed E-state index contributed by atoms with van der Waals surface area (Å²) in [7, 11) is 0. The fourth-order valence-electron chi connectivity index (χ4n) is 3.20. The maximum absolute atomic E-state index is 12.5. The van der Waals surface area contributed by atoms with E-state index in [1.807, 2.05) is 24.0 Å². The maximum atomic E-state index is 12.5. The molecule has 1 aliphatic rings. The Labute approximate surface area is 153 Å². The van der Waals surface area contributed by atoms with E-state index in [9.17, 15) is 10.1 Å². The predicted octanol–water partition coefficient (Wildman–Crippen LogP) is 4.22. The number of pyridine rings is 1. The highest BCUT2D eigenvalue weighted by Crippen LogP contribution is 2.28. The second kappa shape index (κ2) is 7.88. The Hall–Kier alpha value is -2.06. The summed E-state index contributed by atoms with van der Waals surface area (Å²) in [5.74, 6) is 0.497. The van der Waals surface area contributed by atoms with Crippen LogP contribution in [-0.4, -0.2) is 34.6 Å². The third-order valence-electron chi connectivity index (χ3n) is 4.89. The van der Waals surface area contributed by atoms with Crippen LogP contribution in [-0.2, 0) is 4.79 Å². The predicted molar refractivity (Wildman–Crippen MR) is 102 cm³/mol. The first-order chi connectivity index (χ1) is 12.1. The lowest BCUT2D eigenvalue weighted by molar-refractivity contribution is -0.128. The van der Waals surface area contributed by atoms with Gasteiger partial charge in [0.25, 0.3) is 0 Å². The van der Waals surface area contributed by atoms with Crippen molar-refractivity contribution in [1.82, 2.24) is 9.88 Å². The van der Waals surface area contributed by atoms with Gasteiger partial charge in [0.1, 0.15) is 11.1 Å². The van der Waals surface area contributed by atoms with Crippen LogP contribution in [0.5, 0.6) is 0 Å². The third kappa shape index (κ3) is 3.96. The van der Waals surface area contributed by atoms with Crippen LogP contribution in [0.1, 0.15) is 42.4 Å². The Morgan fingerprint density at radius 1 is 1.24 bits per heavy atom. The number of hydrogen-bond acceptors (Lipinski definition) is 4. The molecule has 130 valence electrons. The molecule has 0 bridgehead atoms. The molecule has 1 aromatic heterocycles. The number of thioether (sulfide) groups is 1. The molecule has 2 aromatic rings. The molecule has 0 N–H and O–H groups in total. The first-order valence-electron chi connectivity index (χ1n) is 8.82. The minimum Gasteiger partial charge on any atom is -0.342 e. The van der Waals surface area contributed by atoms with Gasteiger partial charge in [-0.1, -0.05) is 36.7 Å². The van der Waals surface area contributed by atoms with Gasteiger partial charge in [-0.15, -0.1) is 0 Å². The van der Waals surface area contributed by atoms with Gasteiger partial charge in [0.05, 0.1) is 16.8 Å². The van der Waals surface area contributed by atoms with Gasteiger partial charge in [0.15, 0.2) is 0 Å². The molecule has 5 heteroatoms.